The first-order valence-corrected chi connectivity index (χ1v) is 7.45. The molecular formula is C18H17N5O. The lowest BCUT2D eigenvalue weighted by molar-refractivity contribution is 0.0951. The summed E-state index contributed by atoms with van der Waals surface area (Å²) in [5.74, 6) is -0.160. The highest BCUT2D eigenvalue weighted by Crippen LogP contribution is 2.08. The summed E-state index contributed by atoms with van der Waals surface area (Å²) in [5, 5.41) is 14.4. The Kier molecular flexibility index (Phi) is 4.38. The third kappa shape index (κ3) is 3.49. The summed E-state index contributed by atoms with van der Waals surface area (Å²) >= 11 is 0. The van der Waals surface area contributed by atoms with Gasteiger partial charge in [0.15, 0.2) is 0 Å². The SMILES string of the molecule is N=C(N)c1ccc(CNC(=O)c2cnn(-c3ccccc3)c2)cc1. The highest BCUT2D eigenvalue weighted by Gasteiger charge is 2.09. The highest BCUT2D eigenvalue weighted by molar-refractivity contribution is 5.95. The van der Waals surface area contributed by atoms with Crippen molar-refractivity contribution in [2.45, 2.75) is 6.54 Å². The molecule has 3 aromatic rings. The number of rotatable bonds is 5. The van der Waals surface area contributed by atoms with Crippen molar-refractivity contribution in [2.24, 2.45) is 5.73 Å². The van der Waals surface area contributed by atoms with E-state index in [2.05, 4.69) is 10.4 Å². The number of para-hydroxylation sites is 1. The number of amides is 1. The number of carbonyl (C=O) groups is 1. The molecule has 1 aromatic heterocycles. The molecule has 0 saturated heterocycles. The maximum Gasteiger partial charge on any atom is 0.254 e. The number of nitrogens with two attached hydrogens (primary N) is 1. The molecule has 24 heavy (non-hydrogen) atoms. The van der Waals surface area contributed by atoms with Crippen LogP contribution < -0.4 is 11.1 Å². The van der Waals surface area contributed by atoms with E-state index in [1.165, 1.54) is 0 Å². The Morgan fingerprint density at radius 1 is 1.08 bits per heavy atom. The first-order chi connectivity index (χ1) is 11.6. The molecule has 6 heteroatoms. The third-order valence-corrected chi connectivity index (χ3v) is 3.58. The number of benzene rings is 2. The summed E-state index contributed by atoms with van der Waals surface area (Å²) in [6, 6.07) is 16.8. The van der Waals surface area contributed by atoms with Crippen LogP contribution in [0.1, 0.15) is 21.5 Å². The highest BCUT2D eigenvalue weighted by atomic mass is 16.1. The summed E-state index contributed by atoms with van der Waals surface area (Å²) in [6.45, 7) is 0.396. The van der Waals surface area contributed by atoms with Gasteiger partial charge in [-0.15, -0.1) is 0 Å². The maximum absolute atomic E-state index is 12.2. The monoisotopic (exact) mass is 319 g/mol. The van der Waals surface area contributed by atoms with Gasteiger partial charge in [0, 0.05) is 18.3 Å². The van der Waals surface area contributed by atoms with E-state index in [9.17, 15) is 4.79 Å². The summed E-state index contributed by atoms with van der Waals surface area (Å²) < 4.78 is 1.66. The second-order valence-electron chi connectivity index (χ2n) is 5.30. The number of carbonyl (C=O) groups excluding carboxylic acids is 1. The largest absolute Gasteiger partial charge is 0.384 e. The molecule has 0 saturated carbocycles. The fourth-order valence-electron chi connectivity index (χ4n) is 2.25. The van der Waals surface area contributed by atoms with Crippen LogP contribution in [0.5, 0.6) is 0 Å². The number of amidine groups is 1. The molecule has 3 rings (SSSR count). The lowest BCUT2D eigenvalue weighted by Crippen LogP contribution is -2.22. The van der Waals surface area contributed by atoms with Crippen LogP contribution >= 0.6 is 0 Å². The average Bonchev–Trinajstić information content (AvgIpc) is 3.11. The predicted molar refractivity (Wildman–Crippen MR) is 92.2 cm³/mol. The Bertz CT molecular complexity index is 853. The Labute approximate surface area is 139 Å². The fraction of sp³-hybridized carbons (Fsp3) is 0.0556. The normalized spacial score (nSPS) is 10.3. The van der Waals surface area contributed by atoms with Crippen molar-refractivity contribution in [3.8, 4) is 5.69 Å². The van der Waals surface area contributed by atoms with Crippen molar-refractivity contribution in [3.63, 3.8) is 0 Å². The zero-order valence-electron chi connectivity index (χ0n) is 12.9. The summed E-state index contributed by atoms with van der Waals surface area (Å²) in [4.78, 5) is 12.2. The first-order valence-electron chi connectivity index (χ1n) is 7.45. The van der Waals surface area contributed by atoms with Gasteiger partial charge in [-0.2, -0.15) is 5.10 Å². The van der Waals surface area contributed by atoms with Crippen molar-refractivity contribution in [1.29, 1.82) is 5.41 Å². The lowest BCUT2D eigenvalue weighted by atomic mass is 10.1. The molecule has 0 spiro atoms. The molecule has 0 aliphatic rings. The van der Waals surface area contributed by atoms with E-state index < -0.39 is 0 Å². The van der Waals surface area contributed by atoms with Crippen molar-refractivity contribution >= 4 is 11.7 Å². The van der Waals surface area contributed by atoms with E-state index in [0.29, 0.717) is 17.7 Å². The van der Waals surface area contributed by atoms with Gasteiger partial charge in [-0.3, -0.25) is 10.2 Å². The van der Waals surface area contributed by atoms with Gasteiger partial charge < -0.3 is 11.1 Å². The minimum atomic E-state index is -0.187. The maximum atomic E-state index is 12.2. The van der Waals surface area contributed by atoms with Gasteiger partial charge in [0.1, 0.15) is 5.84 Å². The van der Waals surface area contributed by atoms with E-state index in [1.807, 2.05) is 42.5 Å². The van der Waals surface area contributed by atoms with Crippen LogP contribution in [0.4, 0.5) is 0 Å². The number of nitrogens with one attached hydrogen (secondary N) is 2. The molecule has 0 aliphatic carbocycles. The quantitative estimate of drug-likeness (QED) is 0.496. The van der Waals surface area contributed by atoms with Crippen molar-refractivity contribution in [1.82, 2.24) is 15.1 Å². The van der Waals surface area contributed by atoms with E-state index in [0.717, 1.165) is 11.3 Å². The topological polar surface area (TPSA) is 96.8 Å². The Morgan fingerprint density at radius 2 is 1.79 bits per heavy atom. The van der Waals surface area contributed by atoms with Gasteiger partial charge in [0.2, 0.25) is 0 Å². The van der Waals surface area contributed by atoms with E-state index in [-0.39, 0.29) is 11.7 Å². The van der Waals surface area contributed by atoms with Crippen molar-refractivity contribution < 1.29 is 4.79 Å². The minimum absolute atomic E-state index is 0.0268. The molecule has 1 amide bonds. The smallest absolute Gasteiger partial charge is 0.254 e. The van der Waals surface area contributed by atoms with E-state index in [4.69, 9.17) is 11.1 Å². The molecule has 0 aliphatic heterocycles. The number of aromatic nitrogens is 2. The molecule has 0 fully saturated rings. The molecule has 0 bridgehead atoms. The van der Waals surface area contributed by atoms with E-state index in [1.54, 1.807) is 29.2 Å². The molecule has 2 aromatic carbocycles. The minimum Gasteiger partial charge on any atom is -0.384 e. The molecule has 120 valence electrons. The number of nitrogens with zero attached hydrogens (tertiary/aromatic N) is 2. The van der Waals surface area contributed by atoms with Crippen molar-refractivity contribution in [2.75, 3.05) is 0 Å². The molecule has 1 heterocycles. The van der Waals surface area contributed by atoms with Gasteiger partial charge in [-0.05, 0) is 17.7 Å². The molecule has 6 nitrogen and oxygen atoms in total. The number of nitrogen functional groups attached to an aromatic ring is 1. The summed E-state index contributed by atoms with van der Waals surface area (Å²) in [5.41, 5.74) is 8.41. The zero-order chi connectivity index (χ0) is 16.9. The first kappa shape index (κ1) is 15.5. The predicted octanol–water partition coefficient (Wildman–Crippen LogP) is 2.09. The molecule has 0 atom stereocenters. The number of hydrogen-bond acceptors (Lipinski definition) is 3. The van der Waals surface area contributed by atoms with Gasteiger partial charge in [-0.25, -0.2) is 4.68 Å². The van der Waals surface area contributed by atoms with Gasteiger partial charge >= 0.3 is 0 Å². The standard InChI is InChI=1S/C18H17N5O/c19-17(20)14-8-6-13(7-9-14)10-21-18(24)15-11-22-23(12-15)16-4-2-1-3-5-16/h1-9,11-12H,10H2,(H3,19,20)(H,21,24). The lowest BCUT2D eigenvalue weighted by Gasteiger charge is -2.05. The molecule has 0 radical (unpaired) electrons. The zero-order valence-corrected chi connectivity index (χ0v) is 12.9. The summed E-state index contributed by atoms with van der Waals surface area (Å²) in [6.07, 6.45) is 3.24. The van der Waals surface area contributed by atoms with Crippen LogP contribution in [-0.4, -0.2) is 21.5 Å². The van der Waals surface area contributed by atoms with Crippen LogP contribution in [0.2, 0.25) is 0 Å². The Morgan fingerprint density at radius 3 is 2.46 bits per heavy atom. The molecular weight excluding hydrogens is 302 g/mol. The van der Waals surface area contributed by atoms with Crippen LogP contribution in [0.15, 0.2) is 67.0 Å². The van der Waals surface area contributed by atoms with Gasteiger partial charge in [-0.1, -0.05) is 42.5 Å². The van der Waals surface area contributed by atoms with Gasteiger partial charge in [0.05, 0.1) is 17.4 Å². The van der Waals surface area contributed by atoms with Crippen LogP contribution in [0, 0.1) is 5.41 Å². The van der Waals surface area contributed by atoms with Crippen LogP contribution in [0.3, 0.4) is 0 Å². The Hall–Kier alpha value is -3.41. The number of hydrogen-bond donors (Lipinski definition) is 3. The third-order valence-electron chi connectivity index (χ3n) is 3.58. The molecule has 0 unspecified atom stereocenters. The van der Waals surface area contributed by atoms with Crippen molar-refractivity contribution in [3.05, 3.63) is 83.7 Å². The molecule has 4 N–H and O–H groups in total. The average molecular weight is 319 g/mol. The fourth-order valence-corrected chi connectivity index (χ4v) is 2.25. The second kappa shape index (κ2) is 6.78. The van der Waals surface area contributed by atoms with Crippen LogP contribution in [-0.2, 0) is 6.54 Å². The summed E-state index contributed by atoms with van der Waals surface area (Å²) in [7, 11) is 0. The van der Waals surface area contributed by atoms with E-state index >= 15 is 0 Å². The Balaban J connectivity index is 1.63. The van der Waals surface area contributed by atoms with Gasteiger partial charge in [0.25, 0.3) is 5.91 Å². The van der Waals surface area contributed by atoms with Crippen LogP contribution in [0.25, 0.3) is 5.69 Å². The second-order valence-corrected chi connectivity index (χ2v) is 5.30.